The zero-order valence-corrected chi connectivity index (χ0v) is 17.1. The summed E-state index contributed by atoms with van der Waals surface area (Å²) in [7, 11) is 0. The lowest BCUT2D eigenvalue weighted by molar-refractivity contribution is -0.152. The summed E-state index contributed by atoms with van der Waals surface area (Å²) in [5.74, 6) is -0.882. The molecule has 1 atom stereocenters. The molecule has 1 N–H and O–H groups in total. The first kappa shape index (κ1) is 19.7. The Hall–Kier alpha value is -3.58. The molecule has 1 amide bonds. The number of fused-ring (bicyclic) bond motifs is 1. The predicted octanol–water partition coefficient (Wildman–Crippen LogP) is 4.47. The third kappa shape index (κ3) is 4.52. The lowest BCUT2D eigenvalue weighted by atomic mass is 10.1. The number of nitrogens with one attached hydrogen (secondary N) is 1. The number of pyridine rings is 1. The van der Waals surface area contributed by atoms with Gasteiger partial charge in [-0.05, 0) is 30.5 Å². The molecule has 30 heavy (non-hydrogen) atoms. The molecule has 2 heterocycles. The number of aromatic nitrogens is 2. The Morgan fingerprint density at radius 3 is 2.77 bits per heavy atom. The summed E-state index contributed by atoms with van der Waals surface area (Å²) in [6.45, 7) is 1.56. The van der Waals surface area contributed by atoms with Crippen molar-refractivity contribution in [3.05, 3.63) is 78.1 Å². The van der Waals surface area contributed by atoms with Crippen molar-refractivity contribution in [2.24, 2.45) is 0 Å². The van der Waals surface area contributed by atoms with Crippen molar-refractivity contribution < 1.29 is 14.3 Å². The number of anilines is 1. The smallest absolute Gasteiger partial charge is 0.312 e. The second kappa shape index (κ2) is 8.84. The van der Waals surface area contributed by atoms with E-state index >= 15 is 0 Å². The van der Waals surface area contributed by atoms with Crippen LogP contribution in [-0.2, 0) is 20.7 Å². The summed E-state index contributed by atoms with van der Waals surface area (Å²) < 4.78 is 5.32. The largest absolute Gasteiger partial charge is 0.452 e. The van der Waals surface area contributed by atoms with E-state index in [1.165, 1.54) is 11.3 Å². The molecular weight excluding hydrogens is 398 g/mol. The van der Waals surface area contributed by atoms with Crippen LogP contribution in [0.4, 0.5) is 5.69 Å². The number of carbonyl (C=O) groups is 2. The van der Waals surface area contributed by atoms with Gasteiger partial charge in [0, 0.05) is 34.4 Å². The maximum absolute atomic E-state index is 12.5. The van der Waals surface area contributed by atoms with Gasteiger partial charge in [0.25, 0.3) is 5.91 Å². The van der Waals surface area contributed by atoms with Crippen LogP contribution in [0.2, 0.25) is 0 Å². The summed E-state index contributed by atoms with van der Waals surface area (Å²) in [6, 6.07) is 17.2. The monoisotopic (exact) mass is 417 g/mol. The molecule has 2 aromatic carbocycles. The van der Waals surface area contributed by atoms with Crippen LogP contribution in [-0.4, -0.2) is 27.9 Å². The Balaban J connectivity index is 1.36. The van der Waals surface area contributed by atoms with E-state index in [4.69, 9.17) is 4.74 Å². The van der Waals surface area contributed by atoms with E-state index in [0.29, 0.717) is 11.4 Å². The highest BCUT2D eigenvalue weighted by molar-refractivity contribution is 7.13. The SMILES string of the molecule is C[C@H](OC(=O)Cc1csc(-c2cccnc2)n1)C(=O)Nc1cccc2ccccc12. The minimum absolute atomic E-state index is 0.00263. The average molecular weight is 417 g/mol. The molecule has 0 aliphatic heterocycles. The lowest BCUT2D eigenvalue weighted by Crippen LogP contribution is -2.30. The first-order valence-corrected chi connectivity index (χ1v) is 10.3. The van der Waals surface area contributed by atoms with Crippen molar-refractivity contribution in [2.75, 3.05) is 5.32 Å². The van der Waals surface area contributed by atoms with Gasteiger partial charge in [-0.2, -0.15) is 0 Å². The molecule has 4 rings (SSSR count). The van der Waals surface area contributed by atoms with Crippen molar-refractivity contribution in [2.45, 2.75) is 19.4 Å². The van der Waals surface area contributed by atoms with Crippen molar-refractivity contribution in [1.29, 1.82) is 0 Å². The minimum Gasteiger partial charge on any atom is -0.452 e. The molecular formula is C23H19N3O3S. The number of benzene rings is 2. The van der Waals surface area contributed by atoms with E-state index < -0.39 is 12.1 Å². The van der Waals surface area contributed by atoms with E-state index in [1.54, 1.807) is 19.3 Å². The number of amides is 1. The van der Waals surface area contributed by atoms with Gasteiger partial charge in [-0.15, -0.1) is 11.3 Å². The van der Waals surface area contributed by atoms with Gasteiger partial charge in [-0.1, -0.05) is 36.4 Å². The van der Waals surface area contributed by atoms with Crippen molar-refractivity contribution in [1.82, 2.24) is 9.97 Å². The van der Waals surface area contributed by atoms with Crippen LogP contribution in [0.3, 0.4) is 0 Å². The number of thiazole rings is 1. The summed E-state index contributed by atoms with van der Waals surface area (Å²) in [6.07, 6.45) is 2.50. The number of hydrogen-bond acceptors (Lipinski definition) is 6. The van der Waals surface area contributed by atoms with E-state index in [9.17, 15) is 9.59 Å². The molecule has 0 saturated heterocycles. The van der Waals surface area contributed by atoms with Gasteiger partial charge >= 0.3 is 5.97 Å². The average Bonchev–Trinajstić information content (AvgIpc) is 3.23. The summed E-state index contributed by atoms with van der Waals surface area (Å²) in [5.41, 5.74) is 2.18. The number of ether oxygens (including phenoxy) is 1. The minimum atomic E-state index is -0.923. The zero-order chi connectivity index (χ0) is 20.9. The van der Waals surface area contributed by atoms with Gasteiger partial charge in [0.1, 0.15) is 5.01 Å². The number of esters is 1. The van der Waals surface area contributed by atoms with Crippen LogP contribution in [0.1, 0.15) is 12.6 Å². The van der Waals surface area contributed by atoms with Gasteiger partial charge in [0.15, 0.2) is 6.10 Å². The second-order valence-electron chi connectivity index (χ2n) is 6.71. The van der Waals surface area contributed by atoms with Crippen LogP contribution in [0.25, 0.3) is 21.3 Å². The summed E-state index contributed by atoms with van der Waals surface area (Å²) in [4.78, 5) is 33.3. The molecule has 0 bridgehead atoms. The third-order valence-electron chi connectivity index (χ3n) is 4.51. The molecule has 0 unspecified atom stereocenters. The molecule has 0 radical (unpaired) electrons. The van der Waals surface area contributed by atoms with Gasteiger partial charge in [-0.25, -0.2) is 4.98 Å². The Bertz CT molecular complexity index is 1190. The highest BCUT2D eigenvalue weighted by Crippen LogP contribution is 2.24. The molecule has 6 nitrogen and oxygen atoms in total. The molecule has 7 heteroatoms. The number of nitrogens with zero attached hydrogens (tertiary/aromatic N) is 2. The topological polar surface area (TPSA) is 81.2 Å². The lowest BCUT2D eigenvalue weighted by Gasteiger charge is -2.14. The molecule has 0 saturated carbocycles. The standard InChI is InChI=1S/C23H19N3O3S/c1-15(22(28)26-20-10-4-7-16-6-2-3-9-19(16)20)29-21(27)12-18-14-30-23(25-18)17-8-5-11-24-13-17/h2-11,13-15H,12H2,1H3,(H,26,28)/t15-/m0/s1. The molecule has 0 aliphatic rings. The Kier molecular flexibility index (Phi) is 5.81. The fraction of sp³-hybridized carbons (Fsp3) is 0.130. The molecule has 2 aromatic heterocycles. The molecule has 0 aliphatic carbocycles. The van der Waals surface area contributed by atoms with E-state index in [1.807, 2.05) is 60.0 Å². The van der Waals surface area contributed by atoms with Gasteiger partial charge < -0.3 is 10.1 Å². The number of hydrogen-bond donors (Lipinski definition) is 1. The van der Waals surface area contributed by atoms with Crippen LogP contribution in [0, 0.1) is 0 Å². The third-order valence-corrected chi connectivity index (χ3v) is 5.45. The number of rotatable bonds is 6. The fourth-order valence-electron chi connectivity index (χ4n) is 3.02. The first-order chi connectivity index (χ1) is 14.6. The fourth-order valence-corrected chi connectivity index (χ4v) is 3.83. The predicted molar refractivity (Wildman–Crippen MR) is 117 cm³/mol. The van der Waals surface area contributed by atoms with Crippen molar-refractivity contribution >= 4 is 39.7 Å². The quantitative estimate of drug-likeness (QED) is 0.468. The normalized spacial score (nSPS) is 11.8. The molecule has 0 spiro atoms. The van der Waals surface area contributed by atoms with E-state index in [2.05, 4.69) is 15.3 Å². The van der Waals surface area contributed by atoms with Crippen LogP contribution >= 0.6 is 11.3 Å². The van der Waals surface area contributed by atoms with Crippen molar-refractivity contribution in [3.8, 4) is 10.6 Å². The van der Waals surface area contributed by atoms with Gasteiger partial charge in [-0.3, -0.25) is 14.6 Å². The number of carbonyl (C=O) groups excluding carboxylic acids is 2. The Labute approximate surface area is 177 Å². The van der Waals surface area contributed by atoms with Crippen LogP contribution in [0.5, 0.6) is 0 Å². The Morgan fingerprint density at radius 2 is 1.93 bits per heavy atom. The maximum Gasteiger partial charge on any atom is 0.312 e. The van der Waals surface area contributed by atoms with Gasteiger partial charge in [0.2, 0.25) is 0 Å². The van der Waals surface area contributed by atoms with Crippen LogP contribution in [0.15, 0.2) is 72.4 Å². The summed E-state index contributed by atoms with van der Waals surface area (Å²) >= 11 is 1.43. The molecule has 150 valence electrons. The molecule has 0 fully saturated rings. The van der Waals surface area contributed by atoms with Crippen LogP contribution < -0.4 is 5.32 Å². The first-order valence-electron chi connectivity index (χ1n) is 9.43. The second-order valence-corrected chi connectivity index (χ2v) is 7.57. The van der Waals surface area contributed by atoms with Crippen molar-refractivity contribution in [3.63, 3.8) is 0 Å². The van der Waals surface area contributed by atoms with Gasteiger partial charge in [0.05, 0.1) is 12.1 Å². The maximum atomic E-state index is 12.5. The van der Waals surface area contributed by atoms with E-state index in [-0.39, 0.29) is 12.3 Å². The highest BCUT2D eigenvalue weighted by atomic mass is 32.1. The molecule has 4 aromatic rings. The van der Waals surface area contributed by atoms with E-state index in [0.717, 1.165) is 21.3 Å². The Morgan fingerprint density at radius 1 is 1.10 bits per heavy atom. The summed E-state index contributed by atoms with van der Waals surface area (Å²) in [5, 5.41) is 7.39. The zero-order valence-electron chi connectivity index (χ0n) is 16.2. The highest BCUT2D eigenvalue weighted by Gasteiger charge is 2.19.